The molecule has 1 aliphatic heterocycles. The van der Waals surface area contributed by atoms with Crippen molar-refractivity contribution < 1.29 is 31.1 Å². The number of anilines is 2. The number of nitrogens with zero attached hydrogens (tertiary/aromatic N) is 1. The molecule has 2 aliphatic rings. The van der Waals surface area contributed by atoms with Gasteiger partial charge in [-0.15, -0.1) is 0 Å². The van der Waals surface area contributed by atoms with Crippen LogP contribution in [0.5, 0.6) is 0 Å². The monoisotopic (exact) mass is 415 g/mol. The molecule has 0 saturated heterocycles. The van der Waals surface area contributed by atoms with Crippen molar-refractivity contribution in [2.75, 3.05) is 17.7 Å². The first-order chi connectivity index (χ1) is 13.0. The summed E-state index contributed by atoms with van der Waals surface area (Å²) in [6.07, 6.45) is -1.28. The highest BCUT2D eigenvalue weighted by molar-refractivity contribution is 7.90. The molecule has 0 fully saturated rings. The molecule has 0 radical (unpaired) electrons. The molecular formula is C19H17F4NO3S. The van der Waals surface area contributed by atoms with Crippen LogP contribution in [-0.4, -0.2) is 32.2 Å². The van der Waals surface area contributed by atoms with Crippen molar-refractivity contribution >= 4 is 21.2 Å². The van der Waals surface area contributed by atoms with E-state index in [2.05, 4.69) is 0 Å². The number of sulfone groups is 1. The predicted octanol–water partition coefficient (Wildman–Crippen LogP) is 3.68. The molecule has 150 valence electrons. The highest BCUT2D eigenvalue weighted by Crippen LogP contribution is 2.50. The quantitative estimate of drug-likeness (QED) is 0.761. The summed E-state index contributed by atoms with van der Waals surface area (Å²) in [6, 6.07) is 4.44. The first kappa shape index (κ1) is 19.2. The third kappa shape index (κ3) is 2.88. The minimum Gasteiger partial charge on any atom is -0.382 e. The minimum absolute atomic E-state index is 0.0306. The first-order valence-corrected chi connectivity index (χ1v) is 10.6. The number of alkyl halides is 2. The van der Waals surface area contributed by atoms with E-state index in [-0.39, 0.29) is 27.4 Å². The Labute approximate surface area is 159 Å². The van der Waals surface area contributed by atoms with Crippen LogP contribution in [0.1, 0.15) is 29.2 Å². The molecule has 1 N–H and O–H groups in total. The molecule has 1 unspecified atom stereocenters. The number of aliphatic hydroxyl groups is 1. The molecule has 4 rings (SSSR count). The van der Waals surface area contributed by atoms with Gasteiger partial charge >= 0.3 is 0 Å². The number of rotatable bonds is 2. The van der Waals surface area contributed by atoms with E-state index in [1.807, 2.05) is 0 Å². The number of aryl methyl sites for hydroxylation is 1. The first-order valence-electron chi connectivity index (χ1n) is 8.68. The molecule has 1 heterocycles. The predicted molar refractivity (Wildman–Crippen MR) is 94.8 cm³/mol. The van der Waals surface area contributed by atoms with Crippen LogP contribution in [0.2, 0.25) is 0 Å². The average Bonchev–Trinajstić information content (AvgIpc) is 2.82. The lowest BCUT2D eigenvalue weighted by Crippen LogP contribution is -2.27. The Bertz CT molecular complexity index is 1090. The van der Waals surface area contributed by atoms with Crippen LogP contribution in [0.25, 0.3) is 0 Å². The molecule has 0 aromatic heterocycles. The normalized spacial score (nSPS) is 20.8. The fourth-order valence-electron chi connectivity index (χ4n) is 4.13. The second-order valence-corrected chi connectivity index (χ2v) is 9.22. The van der Waals surface area contributed by atoms with Crippen LogP contribution >= 0.6 is 0 Å². The van der Waals surface area contributed by atoms with E-state index in [0.29, 0.717) is 24.9 Å². The summed E-state index contributed by atoms with van der Waals surface area (Å²) in [5.41, 5.74) is 0.323. The summed E-state index contributed by atoms with van der Waals surface area (Å²) in [5, 5.41) is 10.1. The third-order valence-corrected chi connectivity index (χ3v) is 6.43. The van der Waals surface area contributed by atoms with E-state index in [1.54, 1.807) is 0 Å². The molecule has 1 atom stereocenters. The largest absolute Gasteiger partial charge is 0.382 e. The lowest BCUT2D eigenvalue weighted by atomic mass is 9.98. The van der Waals surface area contributed by atoms with Gasteiger partial charge in [-0.25, -0.2) is 26.0 Å². The standard InChI is InChI=1S/C19H17F4NO3S/c1-28(26,27)15-5-4-14(12-9-19(22,23)18(25)16(12)15)24-6-2-3-10-7-11(20)8-13(21)17(10)24/h4-5,7-8,18,25H,2-3,6,9H2,1H3. The smallest absolute Gasteiger partial charge is 0.281 e. The lowest BCUT2D eigenvalue weighted by molar-refractivity contribution is -0.0975. The number of halogens is 4. The number of benzene rings is 2. The van der Waals surface area contributed by atoms with Crippen molar-refractivity contribution in [3.8, 4) is 0 Å². The van der Waals surface area contributed by atoms with Crippen molar-refractivity contribution in [3.63, 3.8) is 0 Å². The van der Waals surface area contributed by atoms with Gasteiger partial charge in [0.15, 0.2) is 9.84 Å². The third-order valence-electron chi connectivity index (χ3n) is 5.27. The molecule has 28 heavy (non-hydrogen) atoms. The summed E-state index contributed by atoms with van der Waals surface area (Å²) in [5.74, 6) is -5.09. The molecule has 2 aromatic carbocycles. The number of hydrogen-bond donors (Lipinski definition) is 1. The van der Waals surface area contributed by atoms with Crippen molar-refractivity contribution in [1.82, 2.24) is 0 Å². The van der Waals surface area contributed by atoms with Gasteiger partial charge in [-0.2, -0.15) is 0 Å². The van der Waals surface area contributed by atoms with E-state index in [4.69, 9.17) is 0 Å². The fraction of sp³-hybridized carbons (Fsp3) is 0.368. The molecule has 0 spiro atoms. The van der Waals surface area contributed by atoms with Crippen molar-refractivity contribution in [2.24, 2.45) is 0 Å². The van der Waals surface area contributed by atoms with Crippen LogP contribution in [0.3, 0.4) is 0 Å². The zero-order chi connectivity index (χ0) is 20.4. The second-order valence-electron chi connectivity index (χ2n) is 7.24. The van der Waals surface area contributed by atoms with E-state index in [0.717, 1.165) is 18.4 Å². The summed E-state index contributed by atoms with van der Waals surface area (Å²) in [6.45, 7) is 0.294. The molecule has 1 aliphatic carbocycles. The summed E-state index contributed by atoms with van der Waals surface area (Å²) >= 11 is 0. The molecule has 2 aromatic rings. The van der Waals surface area contributed by atoms with Gasteiger partial charge in [0.25, 0.3) is 5.92 Å². The topological polar surface area (TPSA) is 57.6 Å². The fourth-order valence-corrected chi connectivity index (χ4v) is 5.08. The van der Waals surface area contributed by atoms with Gasteiger partial charge in [0.05, 0.1) is 10.6 Å². The van der Waals surface area contributed by atoms with Gasteiger partial charge in [0.1, 0.15) is 17.7 Å². The number of aliphatic hydroxyl groups excluding tert-OH is 1. The average molecular weight is 415 g/mol. The van der Waals surface area contributed by atoms with E-state index >= 15 is 0 Å². The Morgan fingerprint density at radius 1 is 1.21 bits per heavy atom. The van der Waals surface area contributed by atoms with Gasteiger partial charge in [0.2, 0.25) is 0 Å². The lowest BCUT2D eigenvalue weighted by Gasteiger charge is -2.33. The van der Waals surface area contributed by atoms with Crippen molar-refractivity contribution in [3.05, 3.63) is 52.6 Å². The van der Waals surface area contributed by atoms with E-state index in [9.17, 15) is 31.1 Å². The Morgan fingerprint density at radius 2 is 1.93 bits per heavy atom. The maximum Gasteiger partial charge on any atom is 0.281 e. The molecule has 0 saturated carbocycles. The van der Waals surface area contributed by atoms with Crippen LogP contribution in [-0.2, 0) is 22.7 Å². The van der Waals surface area contributed by atoms with Gasteiger partial charge in [-0.3, -0.25) is 0 Å². The maximum atomic E-state index is 14.5. The Morgan fingerprint density at radius 3 is 2.61 bits per heavy atom. The van der Waals surface area contributed by atoms with E-state index < -0.39 is 39.9 Å². The summed E-state index contributed by atoms with van der Waals surface area (Å²) in [7, 11) is -3.87. The van der Waals surface area contributed by atoms with Crippen LogP contribution in [0.4, 0.5) is 28.9 Å². The highest BCUT2D eigenvalue weighted by Gasteiger charge is 2.50. The Hall–Kier alpha value is -2.13. The number of fused-ring (bicyclic) bond motifs is 2. The van der Waals surface area contributed by atoms with Crippen LogP contribution < -0.4 is 4.90 Å². The molecular weight excluding hydrogens is 398 g/mol. The summed E-state index contributed by atoms with van der Waals surface area (Å²) in [4.78, 5) is 1.10. The van der Waals surface area contributed by atoms with E-state index in [1.165, 1.54) is 17.0 Å². The Kier molecular flexibility index (Phi) is 4.24. The van der Waals surface area contributed by atoms with Gasteiger partial charge in [0, 0.05) is 36.5 Å². The van der Waals surface area contributed by atoms with Gasteiger partial charge < -0.3 is 10.0 Å². The molecule has 0 bridgehead atoms. The van der Waals surface area contributed by atoms with Crippen molar-refractivity contribution in [1.29, 1.82) is 0 Å². The van der Waals surface area contributed by atoms with Gasteiger partial charge in [-0.05, 0) is 42.2 Å². The molecule has 4 nitrogen and oxygen atoms in total. The second kappa shape index (κ2) is 6.18. The zero-order valence-electron chi connectivity index (χ0n) is 14.8. The van der Waals surface area contributed by atoms with Crippen LogP contribution in [0.15, 0.2) is 29.2 Å². The van der Waals surface area contributed by atoms with Gasteiger partial charge in [-0.1, -0.05) is 0 Å². The Balaban J connectivity index is 1.96. The van der Waals surface area contributed by atoms with Crippen molar-refractivity contribution in [2.45, 2.75) is 36.2 Å². The molecule has 0 amide bonds. The molecule has 9 heteroatoms. The summed E-state index contributed by atoms with van der Waals surface area (Å²) < 4.78 is 80.8. The maximum absolute atomic E-state index is 14.5. The number of hydrogen-bond acceptors (Lipinski definition) is 4. The SMILES string of the molecule is CS(=O)(=O)c1ccc(N2CCCc3cc(F)cc(F)c32)c2c1C(O)C(F)(F)C2. The highest BCUT2D eigenvalue weighted by atomic mass is 32.2. The van der Waals surface area contributed by atoms with Crippen LogP contribution in [0, 0.1) is 11.6 Å². The zero-order valence-corrected chi connectivity index (χ0v) is 15.7. The minimum atomic E-state index is -3.87.